The Labute approximate surface area is 98.4 Å². The number of carbonyl (C=O) groups excluding carboxylic acids is 1. The minimum atomic E-state index is -0.172. The zero-order chi connectivity index (χ0) is 12.1. The van der Waals surface area contributed by atoms with Gasteiger partial charge < -0.3 is 14.5 Å². The summed E-state index contributed by atoms with van der Waals surface area (Å²) in [7, 11) is 1.55. The number of hydrogen-bond donors (Lipinski definition) is 1. The van der Waals surface area contributed by atoms with Gasteiger partial charge >= 0.3 is 0 Å². The molecule has 2 heterocycles. The fraction of sp³-hybridized carbons (Fsp3) is 0.167. The van der Waals surface area contributed by atoms with E-state index in [1.165, 1.54) is 12.5 Å². The molecule has 5 nitrogen and oxygen atoms in total. The maximum atomic E-state index is 11.6. The van der Waals surface area contributed by atoms with Gasteiger partial charge in [-0.05, 0) is 17.7 Å². The molecular weight excluding hydrogens is 220 g/mol. The number of hydrogen-bond acceptors (Lipinski definition) is 4. The van der Waals surface area contributed by atoms with Crippen LogP contribution in [0.15, 0.2) is 41.3 Å². The Hall–Kier alpha value is -2.30. The van der Waals surface area contributed by atoms with Crippen LogP contribution in [0.3, 0.4) is 0 Å². The standard InChI is InChI=1S/C12H12N2O3/c1-16-11-6-9(2-4-13-11)7-14-12(15)10-3-5-17-8-10/h2-6,8H,7H2,1H3,(H,14,15). The second-order valence-electron chi connectivity index (χ2n) is 3.40. The third kappa shape index (κ3) is 2.84. The molecule has 0 saturated heterocycles. The van der Waals surface area contributed by atoms with Crippen LogP contribution in [-0.4, -0.2) is 18.0 Å². The number of aromatic nitrogens is 1. The summed E-state index contributed by atoms with van der Waals surface area (Å²) in [6.45, 7) is 0.420. The summed E-state index contributed by atoms with van der Waals surface area (Å²) in [5.74, 6) is 0.356. The van der Waals surface area contributed by atoms with E-state index in [4.69, 9.17) is 9.15 Å². The molecule has 88 valence electrons. The van der Waals surface area contributed by atoms with E-state index >= 15 is 0 Å². The molecule has 0 bridgehead atoms. The molecule has 0 aromatic carbocycles. The molecule has 0 aliphatic carbocycles. The maximum absolute atomic E-state index is 11.6. The molecule has 0 spiro atoms. The third-order valence-corrected chi connectivity index (χ3v) is 2.24. The summed E-state index contributed by atoms with van der Waals surface area (Å²) in [6.07, 6.45) is 4.50. The molecule has 2 aromatic rings. The molecule has 17 heavy (non-hydrogen) atoms. The fourth-order valence-electron chi connectivity index (χ4n) is 1.35. The first-order chi connectivity index (χ1) is 8.29. The average Bonchev–Trinajstić information content (AvgIpc) is 2.90. The van der Waals surface area contributed by atoms with Gasteiger partial charge in [0, 0.05) is 18.8 Å². The van der Waals surface area contributed by atoms with Crippen LogP contribution in [0.25, 0.3) is 0 Å². The number of methoxy groups -OCH3 is 1. The number of pyridine rings is 1. The van der Waals surface area contributed by atoms with Crippen LogP contribution in [0.1, 0.15) is 15.9 Å². The molecular formula is C12H12N2O3. The average molecular weight is 232 g/mol. The zero-order valence-electron chi connectivity index (χ0n) is 9.34. The number of rotatable bonds is 4. The molecule has 0 saturated carbocycles. The lowest BCUT2D eigenvalue weighted by Gasteiger charge is -2.05. The minimum Gasteiger partial charge on any atom is -0.481 e. The van der Waals surface area contributed by atoms with Crippen molar-refractivity contribution in [3.63, 3.8) is 0 Å². The third-order valence-electron chi connectivity index (χ3n) is 2.24. The predicted molar refractivity (Wildman–Crippen MR) is 60.7 cm³/mol. The topological polar surface area (TPSA) is 64.4 Å². The summed E-state index contributed by atoms with van der Waals surface area (Å²) in [5.41, 5.74) is 1.43. The molecule has 2 aromatic heterocycles. The van der Waals surface area contributed by atoms with Gasteiger partial charge in [0.1, 0.15) is 6.26 Å². The van der Waals surface area contributed by atoms with Gasteiger partial charge in [-0.1, -0.05) is 0 Å². The molecule has 0 fully saturated rings. The van der Waals surface area contributed by atoms with Crippen molar-refractivity contribution < 1.29 is 13.9 Å². The Bertz CT molecular complexity index is 494. The highest BCUT2D eigenvalue weighted by Crippen LogP contribution is 2.08. The highest BCUT2D eigenvalue weighted by Gasteiger charge is 2.06. The molecule has 2 rings (SSSR count). The van der Waals surface area contributed by atoms with Gasteiger partial charge in [0.2, 0.25) is 5.88 Å². The largest absolute Gasteiger partial charge is 0.481 e. The smallest absolute Gasteiger partial charge is 0.254 e. The summed E-state index contributed by atoms with van der Waals surface area (Å²) in [6, 6.07) is 5.20. The number of ether oxygens (including phenoxy) is 1. The molecule has 0 atom stereocenters. The van der Waals surface area contributed by atoms with Crippen LogP contribution >= 0.6 is 0 Å². The van der Waals surface area contributed by atoms with Gasteiger partial charge in [-0.15, -0.1) is 0 Å². The lowest BCUT2D eigenvalue weighted by molar-refractivity contribution is 0.0950. The Balaban J connectivity index is 1.95. The summed E-state index contributed by atoms with van der Waals surface area (Å²) in [4.78, 5) is 15.6. The predicted octanol–water partition coefficient (Wildman–Crippen LogP) is 1.61. The Kier molecular flexibility index (Phi) is 3.40. The van der Waals surface area contributed by atoms with Crippen LogP contribution in [0, 0.1) is 0 Å². The van der Waals surface area contributed by atoms with Crippen molar-refractivity contribution in [1.82, 2.24) is 10.3 Å². The number of nitrogens with zero attached hydrogens (tertiary/aromatic N) is 1. The highest BCUT2D eigenvalue weighted by molar-refractivity contribution is 5.93. The normalized spacial score (nSPS) is 9.94. The van der Waals surface area contributed by atoms with Crippen molar-refractivity contribution >= 4 is 5.91 Å². The van der Waals surface area contributed by atoms with E-state index < -0.39 is 0 Å². The lowest BCUT2D eigenvalue weighted by atomic mass is 10.2. The molecule has 0 unspecified atom stereocenters. The lowest BCUT2D eigenvalue weighted by Crippen LogP contribution is -2.22. The number of nitrogens with one attached hydrogen (secondary N) is 1. The van der Waals surface area contributed by atoms with E-state index in [1.54, 1.807) is 25.4 Å². The highest BCUT2D eigenvalue weighted by atomic mass is 16.5. The second kappa shape index (κ2) is 5.16. The van der Waals surface area contributed by atoms with E-state index in [0.717, 1.165) is 5.56 Å². The number of furan rings is 1. The van der Waals surface area contributed by atoms with E-state index in [2.05, 4.69) is 10.3 Å². The molecule has 0 aliphatic heterocycles. The summed E-state index contributed by atoms with van der Waals surface area (Å²) < 4.78 is 9.83. The van der Waals surface area contributed by atoms with Crippen LogP contribution in [0.5, 0.6) is 5.88 Å². The molecule has 1 N–H and O–H groups in total. The van der Waals surface area contributed by atoms with Crippen LogP contribution in [0.4, 0.5) is 0 Å². The van der Waals surface area contributed by atoms with Crippen molar-refractivity contribution in [2.75, 3.05) is 7.11 Å². The molecule has 0 aliphatic rings. The summed E-state index contributed by atoms with van der Waals surface area (Å²) >= 11 is 0. The van der Waals surface area contributed by atoms with Crippen LogP contribution in [-0.2, 0) is 6.54 Å². The zero-order valence-corrected chi connectivity index (χ0v) is 9.34. The Morgan fingerprint density at radius 1 is 1.53 bits per heavy atom. The second-order valence-corrected chi connectivity index (χ2v) is 3.40. The van der Waals surface area contributed by atoms with Gasteiger partial charge in [-0.3, -0.25) is 4.79 Å². The van der Waals surface area contributed by atoms with Gasteiger partial charge in [-0.25, -0.2) is 4.98 Å². The van der Waals surface area contributed by atoms with Gasteiger partial charge in [-0.2, -0.15) is 0 Å². The Morgan fingerprint density at radius 3 is 3.12 bits per heavy atom. The van der Waals surface area contributed by atoms with E-state index in [1.807, 2.05) is 6.07 Å². The quantitative estimate of drug-likeness (QED) is 0.869. The van der Waals surface area contributed by atoms with Crippen LogP contribution < -0.4 is 10.1 Å². The van der Waals surface area contributed by atoms with Crippen molar-refractivity contribution in [2.45, 2.75) is 6.54 Å². The van der Waals surface area contributed by atoms with Crippen molar-refractivity contribution in [3.8, 4) is 5.88 Å². The number of carbonyl (C=O) groups is 1. The minimum absolute atomic E-state index is 0.172. The maximum Gasteiger partial charge on any atom is 0.254 e. The monoisotopic (exact) mass is 232 g/mol. The molecule has 0 radical (unpaired) electrons. The summed E-state index contributed by atoms with van der Waals surface area (Å²) in [5, 5.41) is 2.77. The van der Waals surface area contributed by atoms with Crippen molar-refractivity contribution in [3.05, 3.63) is 48.0 Å². The van der Waals surface area contributed by atoms with E-state index in [-0.39, 0.29) is 5.91 Å². The van der Waals surface area contributed by atoms with Gasteiger partial charge in [0.05, 0.1) is 18.9 Å². The van der Waals surface area contributed by atoms with Gasteiger partial charge in [0.25, 0.3) is 5.91 Å². The van der Waals surface area contributed by atoms with Crippen molar-refractivity contribution in [2.24, 2.45) is 0 Å². The number of amides is 1. The van der Waals surface area contributed by atoms with E-state index in [9.17, 15) is 4.79 Å². The SMILES string of the molecule is COc1cc(CNC(=O)c2ccoc2)ccn1. The van der Waals surface area contributed by atoms with Crippen molar-refractivity contribution in [1.29, 1.82) is 0 Å². The van der Waals surface area contributed by atoms with E-state index in [0.29, 0.717) is 18.0 Å². The molecule has 1 amide bonds. The van der Waals surface area contributed by atoms with Crippen LogP contribution in [0.2, 0.25) is 0 Å². The Morgan fingerprint density at radius 2 is 2.41 bits per heavy atom. The fourth-order valence-corrected chi connectivity index (χ4v) is 1.35. The first kappa shape index (κ1) is 11.2. The molecule has 5 heteroatoms. The van der Waals surface area contributed by atoms with Gasteiger partial charge in [0.15, 0.2) is 0 Å². The first-order valence-corrected chi connectivity index (χ1v) is 5.09. The first-order valence-electron chi connectivity index (χ1n) is 5.09.